The van der Waals surface area contributed by atoms with Crippen LogP contribution in [0.25, 0.3) is 82.1 Å². The van der Waals surface area contributed by atoms with E-state index in [1.165, 1.54) is 110 Å². The van der Waals surface area contributed by atoms with Gasteiger partial charge < -0.3 is 14.4 Å². The molecule has 1 atom stereocenters. The van der Waals surface area contributed by atoms with Gasteiger partial charge in [-0.2, -0.15) is 0 Å². The highest BCUT2D eigenvalue weighted by atomic mass is 16.3. The molecule has 0 bridgehead atoms. The number of anilines is 4. The smallest absolute Gasteiger partial charge is 0.159 e. The molecule has 1 heterocycles. The van der Waals surface area contributed by atoms with Crippen molar-refractivity contribution in [3.05, 3.63) is 250 Å². The summed E-state index contributed by atoms with van der Waals surface area (Å²) in [5, 5.41) is 23.1. The maximum atomic E-state index is 13.2. The second-order valence-electron chi connectivity index (χ2n) is 25.3. The molecule has 0 amide bonds. The third-order valence-electron chi connectivity index (χ3n) is 20.1. The Balaban J connectivity index is 1.02. The number of fused-ring (bicyclic) bond motifs is 3. The lowest BCUT2D eigenvalue weighted by Crippen LogP contribution is -2.21. The number of furan rings is 1. The minimum absolute atomic E-state index is 0.282. The third kappa shape index (κ3) is 9.21. The van der Waals surface area contributed by atoms with Crippen molar-refractivity contribution in [3.63, 3.8) is 0 Å². The second-order valence-corrected chi connectivity index (χ2v) is 25.3. The molecule has 9 aromatic carbocycles. The molecule has 5 aliphatic rings. The van der Waals surface area contributed by atoms with Gasteiger partial charge in [-0.1, -0.05) is 202 Å². The van der Waals surface area contributed by atoms with E-state index in [2.05, 4.69) is 244 Å². The summed E-state index contributed by atoms with van der Waals surface area (Å²) >= 11 is 0. The Morgan fingerprint density at radius 3 is 1.83 bits per heavy atom. The molecule has 1 N–H and O–H groups in total. The van der Waals surface area contributed by atoms with Crippen molar-refractivity contribution in [2.24, 2.45) is 5.92 Å². The van der Waals surface area contributed by atoms with E-state index in [1.54, 1.807) is 0 Å². The Morgan fingerprint density at radius 1 is 0.523 bits per heavy atom. The number of phenolic OH excluding ortho intramolecular Hbond substituents is 1. The molecule has 1 unspecified atom stereocenters. The number of allylic oxidation sites excluding steroid dienone is 13. The van der Waals surface area contributed by atoms with Gasteiger partial charge in [-0.15, -0.1) is 0 Å². The highest BCUT2D eigenvalue weighted by Crippen LogP contribution is 2.55. The number of hydrogen-bond acceptors (Lipinski definition) is 4. The standard InChI is InChI=1S/C82H74N2O2/c1-51-38-40-61(46-54(51)4)83(74-36-20-32-64(80(74)85)60-30-18-29-59(48-60)63-31-17-16-22-53(63)3)76-49-72(57-25-12-8-13-26-57)66-43-45-71-77(50-73(58-27-14-9-15-28-58)67-42-44-70(76)78(66)79(67)71)84(62-41-39-52(2)55(5)47-62)75-37-21-35-69-68-34-19-33-65(81(68)86-82(69)75)56-23-10-6-7-11-24-56/h6-7,10,16-24,29-38,40,42-45,47-50,54,57-58,85H,8-9,11-15,25-28,46H2,1-5H3. The largest absolute Gasteiger partial charge is 0.505 e. The fourth-order valence-corrected chi connectivity index (χ4v) is 15.2. The van der Waals surface area contributed by atoms with Gasteiger partial charge in [0.25, 0.3) is 0 Å². The molecular weight excluding hydrogens is 1040 g/mol. The highest BCUT2D eigenvalue weighted by Gasteiger charge is 2.33. The first-order valence-electron chi connectivity index (χ1n) is 31.8. The maximum Gasteiger partial charge on any atom is 0.159 e. The molecule has 0 spiro atoms. The summed E-state index contributed by atoms with van der Waals surface area (Å²) in [5.41, 5.74) is 29.3. The molecule has 0 saturated heterocycles. The van der Waals surface area contributed by atoms with Gasteiger partial charge in [-0.25, -0.2) is 0 Å². The highest BCUT2D eigenvalue weighted by molar-refractivity contribution is 6.29. The molecular formula is C82H74N2O2. The predicted molar refractivity (Wildman–Crippen MR) is 363 cm³/mol. The van der Waals surface area contributed by atoms with Crippen LogP contribution in [0, 0.1) is 12.8 Å². The number of aryl methyl sites for hydroxylation is 1. The van der Waals surface area contributed by atoms with E-state index >= 15 is 0 Å². The van der Waals surface area contributed by atoms with Crippen molar-refractivity contribution in [2.75, 3.05) is 9.80 Å². The summed E-state index contributed by atoms with van der Waals surface area (Å²) in [6, 6.07) is 52.0. The van der Waals surface area contributed by atoms with Crippen LogP contribution in [-0.2, 0) is 0 Å². The van der Waals surface area contributed by atoms with E-state index in [9.17, 15) is 5.11 Å². The number of phenols is 1. The Morgan fingerprint density at radius 2 is 1.13 bits per heavy atom. The molecule has 15 rings (SSSR count). The van der Waals surface area contributed by atoms with Crippen LogP contribution in [0.1, 0.15) is 139 Å². The molecule has 4 heteroatoms. The second kappa shape index (κ2) is 22.1. The molecule has 424 valence electrons. The number of aromatic hydroxyl groups is 1. The van der Waals surface area contributed by atoms with E-state index in [1.807, 2.05) is 0 Å². The first-order valence-corrected chi connectivity index (χ1v) is 31.8. The van der Waals surface area contributed by atoms with E-state index in [0.717, 1.165) is 122 Å². The van der Waals surface area contributed by atoms with Crippen LogP contribution >= 0.6 is 0 Å². The van der Waals surface area contributed by atoms with Crippen LogP contribution in [0.5, 0.6) is 5.75 Å². The monoisotopic (exact) mass is 1120 g/mol. The molecule has 86 heavy (non-hydrogen) atoms. The van der Waals surface area contributed by atoms with Gasteiger partial charge in [-0.05, 0) is 198 Å². The molecule has 2 fully saturated rings. The van der Waals surface area contributed by atoms with Crippen LogP contribution in [0.4, 0.5) is 22.7 Å². The van der Waals surface area contributed by atoms with Crippen LogP contribution in [0.3, 0.4) is 0 Å². The zero-order valence-corrected chi connectivity index (χ0v) is 50.4. The number of benzene rings is 9. The van der Waals surface area contributed by atoms with Gasteiger partial charge >= 0.3 is 0 Å². The Labute approximate surface area is 506 Å². The maximum absolute atomic E-state index is 13.2. The molecule has 1 aromatic heterocycles. The van der Waals surface area contributed by atoms with Gasteiger partial charge in [0.05, 0.1) is 28.4 Å². The predicted octanol–water partition coefficient (Wildman–Crippen LogP) is 23.5. The summed E-state index contributed by atoms with van der Waals surface area (Å²) in [4.78, 5) is 4.93. The SMILES string of the molecule is CC1=C=C=C(N(c2cc(C3CCCCC3)c3ccc4c(N(C5=CC=C(C)C(C)C5)c5cccc(-c6cccc(-c7ccccc7C)c6)c5O)cc(C5CCCCC5)c5ccc2c3c54)c2cccc3c2oc2c(C4=CCC=CC=C4)cccc23)C=C1C. The Kier molecular flexibility index (Phi) is 13.8. The average molecular weight is 1120 g/mol. The van der Waals surface area contributed by atoms with Gasteiger partial charge in [0.2, 0.25) is 0 Å². The number of para-hydroxylation sites is 3. The fourth-order valence-electron chi connectivity index (χ4n) is 15.2. The molecule has 0 aliphatic heterocycles. The van der Waals surface area contributed by atoms with Crippen molar-refractivity contribution in [3.8, 4) is 28.0 Å². The first-order chi connectivity index (χ1) is 42.2. The zero-order valence-electron chi connectivity index (χ0n) is 50.4. The van der Waals surface area contributed by atoms with E-state index in [-0.39, 0.29) is 5.75 Å². The minimum atomic E-state index is 0.282. The van der Waals surface area contributed by atoms with Crippen molar-refractivity contribution >= 4 is 82.6 Å². The van der Waals surface area contributed by atoms with E-state index in [0.29, 0.717) is 17.8 Å². The normalized spacial score (nSPS) is 17.7. The van der Waals surface area contributed by atoms with E-state index < -0.39 is 0 Å². The summed E-state index contributed by atoms with van der Waals surface area (Å²) in [6.45, 7) is 11.1. The molecule has 4 nitrogen and oxygen atoms in total. The summed E-state index contributed by atoms with van der Waals surface area (Å²) in [5.74, 6) is 1.39. The van der Waals surface area contributed by atoms with Crippen LogP contribution in [0.2, 0.25) is 0 Å². The van der Waals surface area contributed by atoms with Gasteiger partial charge in [0, 0.05) is 43.9 Å². The van der Waals surface area contributed by atoms with Crippen molar-refractivity contribution in [1.82, 2.24) is 0 Å². The number of nitrogens with zero attached hydrogens (tertiary/aromatic N) is 2. The van der Waals surface area contributed by atoms with Crippen molar-refractivity contribution < 1.29 is 9.52 Å². The van der Waals surface area contributed by atoms with E-state index in [4.69, 9.17) is 4.42 Å². The van der Waals surface area contributed by atoms with Crippen molar-refractivity contribution in [2.45, 2.75) is 124 Å². The third-order valence-corrected chi connectivity index (χ3v) is 20.1. The minimum Gasteiger partial charge on any atom is -0.505 e. The number of rotatable bonds is 11. The quantitative estimate of drug-likeness (QED) is 0.103. The summed E-state index contributed by atoms with van der Waals surface area (Å²) in [6.07, 6.45) is 31.7. The molecule has 5 aliphatic carbocycles. The Hall–Kier alpha value is -9.04. The van der Waals surface area contributed by atoms with Crippen molar-refractivity contribution in [1.29, 1.82) is 0 Å². The lowest BCUT2D eigenvalue weighted by Gasteiger charge is -2.35. The summed E-state index contributed by atoms with van der Waals surface area (Å²) in [7, 11) is 0. The fraction of sp³-hybridized carbons (Fsp3) is 0.244. The average Bonchev–Trinajstić information content (AvgIpc) is 0.741. The molecule has 2 saturated carbocycles. The lowest BCUT2D eigenvalue weighted by molar-refractivity contribution is 0.445. The molecule has 0 radical (unpaired) electrons. The Bertz CT molecular complexity index is 4710. The zero-order chi connectivity index (χ0) is 58.2. The summed E-state index contributed by atoms with van der Waals surface area (Å²) < 4.78 is 7.38. The van der Waals surface area contributed by atoms with Crippen LogP contribution < -0.4 is 9.80 Å². The van der Waals surface area contributed by atoms with Gasteiger partial charge in [0.15, 0.2) is 5.58 Å². The van der Waals surface area contributed by atoms with Gasteiger partial charge in [0.1, 0.15) is 11.3 Å². The van der Waals surface area contributed by atoms with Crippen LogP contribution in [0.15, 0.2) is 232 Å². The number of hydrogen-bond donors (Lipinski definition) is 1. The van der Waals surface area contributed by atoms with Crippen LogP contribution in [-0.4, -0.2) is 5.11 Å². The lowest BCUT2D eigenvalue weighted by atomic mass is 9.77. The molecule has 10 aromatic rings. The first kappa shape index (κ1) is 53.7. The topological polar surface area (TPSA) is 39.9 Å². The van der Waals surface area contributed by atoms with Gasteiger partial charge in [-0.3, -0.25) is 4.90 Å².